The number of methoxy groups -OCH3 is 2. The van der Waals surface area contributed by atoms with E-state index >= 15 is 0 Å². The van der Waals surface area contributed by atoms with Crippen LogP contribution in [0.15, 0.2) is 58.2 Å². The molecule has 0 saturated carbocycles. The van der Waals surface area contributed by atoms with E-state index in [1.54, 1.807) is 48.3 Å². The molecule has 0 atom stereocenters. The Morgan fingerprint density at radius 1 is 1.23 bits per heavy atom. The molecule has 2 aromatic carbocycles. The number of halogens is 1. The number of aromatic nitrogens is 2. The second-order valence-corrected chi connectivity index (χ2v) is 7.11. The molecule has 1 amide bonds. The fourth-order valence-corrected chi connectivity index (χ4v) is 3.19. The number of carbonyl (C=O) groups excluding carboxylic acids is 1. The molecule has 1 N–H and O–H groups in total. The van der Waals surface area contributed by atoms with E-state index in [0.29, 0.717) is 28.1 Å². The fraction of sp³-hybridized carbons (Fsp3) is 0.150. The Kier molecular flexibility index (Phi) is 6.98. The molecule has 0 radical (unpaired) electrons. The van der Waals surface area contributed by atoms with Gasteiger partial charge >= 0.3 is 0 Å². The van der Waals surface area contributed by atoms with Crippen LogP contribution < -0.4 is 14.9 Å². The number of non-ortho nitro benzene ring substituents is 1. The number of ether oxygens (including phenoxy) is 2. The van der Waals surface area contributed by atoms with Crippen molar-refractivity contribution in [2.45, 2.75) is 6.54 Å². The Hall–Kier alpha value is -3.73. The van der Waals surface area contributed by atoms with E-state index in [9.17, 15) is 14.9 Å². The molecule has 0 fully saturated rings. The summed E-state index contributed by atoms with van der Waals surface area (Å²) in [6.07, 6.45) is 3.12. The van der Waals surface area contributed by atoms with Crippen LogP contribution in [-0.4, -0.2) is 41.0 Å². The van der Waals surface area contributed by atoms with E-state index in [-0.39, 0.29) is 11.4 Å². The third kappa shape index (κ3) is 5.45. The summed E-state index contributed by atoms with van der Waals surface area (Å²) in [5.41, 5.74) is 4.11. The van der Waals surface area contributed by atoms with E-state index in [2.05, 4.69) is 31.6 Å². The smallest absolute Gasteiger partial charge is 0.293 e. The van der Waals surface area contributed by atoms with Gasteiger partial charge < -0.3 is 9.47 Å². The first kappa shape index (κ1) is 22.0. The van der Waals surface area contributed by atoms with Crippen molar-refractivity contribution in [3.63, 3.8) is 0 Å². The number of nitro benzene ring substituents is 1. The first-order valence-electron chi connectivity index (χ1n) is 8.93. The second kappa shape index (κ2) is 9.85. The average Bonchev–Trinajstić information content (AvgIpc) is 3.13. The summed E-state index contributed by atoms with van der Waals surface area (Å²) in [5, 5.41) is 19.0. The molecule has 3 rings (SSSR count). The number of hydrogen-bond donors (Lipinski definition) is 1. The summed E-state index contributed by atoms with van der Waals surface area (Å²) in [7, 11) is 3.08. The Balaban J connectivity index is 1.65. The van der Waals surface area contributed by atoms with Gasteiger partial charge in [-0.3, -0.25) is 19.6 Å². The van der Waals surface area contributed by atoms with Gasteiger partial charge in [0, 0.05) is 18.3 Å². The van der Waals surface area contributed by atoms with Crippen molar-refractivity contribution in [1.82, 2.24) is 15.2 Å². The van der Waals surface area contributed by atoms with Crippen molar-refractivity contribution >= 4 is 33.7 Å². The number of carbonyl (C=O) groups is 1. The highest BCUT2D eigenvalue weighted by Gasteiger charge is 2.15. The van der Waals surface area contributed by atoms with Gasteiger partial charge in [0.1, 0.15) is 0 Å². The van der Waals surface area contributed by atoms with Crippen LogP contribution in [0, 0.1) is 10.1 Å². The summed E-state index contributed by atoms with van der Waals surface area (Å²) in [6, 6.07) is 11.4. The second-order valence-electron chi connectivity index (χ2n) is 6.26. The quantitative estimate of drug-likeness (QED) is 0.295. The Bertz CT molecular complexity index is 1130. The van der Waals surface area contributed by atoms with Crippen molar-refractivity contribution in [2.75, 3.05) is 14.2 Å². The SMILES string of the molecule is COc1ccc(C=NNC(=O)c2nn(Cc3ccc([N+](=O)[O-])cc3)cc2Br)cc1OC. The van der Waals surface area contributed by atoms with E-state index in [4.69, 9.17) is 9.47 Å². The van der Waals surface area contributed by atoms with Crippen LogP contribution in [0.25, 0.3) is 0 Å². The highest BCUT2D eigenvalue weighted by Crippen LogP contribution is 2.26. The summed E-state index contributed by atoms with van der Waals surface area (Å²) >= 11 is 3.32. The maximum Gasteiger partial charge on any atom is 0.293 e. The van der Waals surface area contributed by atoms with Gasteiger partial charge in [-0.2, -0.15) is 10.2 Å². The van der Waals surface area contributed by atoms with Gasteiger partial charge in [0.15, 0.2) is 17.2 Å². The van der Waals surface area contributed by atoms with Gasteiger partial charge in [0.05, 0.1) is 36.4 Å². The lowest BCUT2D eigenvalue weighted by atomic mass is 10.2. The Morgan fingerprint density at radius 3 is 2.58 bits per heavy atom. The number of hydrogen-bond acceptors (Lipinski definition) is 7. The number of nitrogens with one attached hydrogen (secondary N) is 1. The third-order valence-electron chi connectivity index (χ3n) is 4.21. The molecule has 11 heteroatoms. The van der Waals surface area contributed by atoms with Crippen LogP contribution in [0.5, 0.6) is 11.5 Å². The molecule has 3 aromatic rings. The van der Waals surface area contributed by atoms with E-state index < -0.39 is 10.8 Å². The molecule has 0 spiro atoms. The van der Waals surface area contributed by atoms with Crippen LogP contribution in [0.4, 0.5) is 5.69 Å². The highest BCUT2D eigenvalue weighted by molar-refractivity contribution is 9.10. The van der Waals surface area contributed by atoms with Crippen molar-refractivity contribution in [3.05, 3.63) is 80.1 Å². The first-order valence-corrected chi connectivity index (χ1v) is 9.72. The summed E-state index contributed by atoms with van der Waals surface area (Å²) < 4.78 is 12.5. The molecule has 1 aromatic heterocycles. The lowest BCUT2D eigenvalue weighted by Gasteiger charge is -2.07. The predicted octanol–water partition coefficient (Wildman–Crippen LogP) is 3.38. The van der Waals surface area contributed by atoms with Gasteiger partial charge in [0.2, 0.25) is 0 Å². The van der Waals surface area contributed by atoms with Crippen molar-refractivity contribution in [1.29, 1.82) is 0 Å². The van der Waals surface area contributed by atoms with Gasteiger partial charge in [-0.1, -0.05) is 12.1 Å². The minimum atomic E-state index is -0.494. The lowest BCUT2D eigenvalue weighted by molar-refractivity contribution is -0.384. The molecule has 0 unspecified atom stereocenters. The zero-order valence-electron chi connectivity index (χ0n) is 16.6. The van der Waals surface area contributed by atoms with Crippen LogP contribution in [0.2, 0.25) is 0 Å². The largest absolute Gasteiger partial charge is 0.493 e. The molecule has 160 valence electrons. The topological polar surface area (TPSA) is 121 Å². The van der Waals surface area contributed by atoms with E-state index in [0.717, 1.165) is 5.56 Å². The molecule has 31 heavy (non-hydrogen) atoms. The average molecular weight is 488 g/mol. The van der Waals surface area contributed by atoms with Gasteiger partial charge in [-0.05, 0) is 45.3 Å². The number of nitrogens with zero attached hydrogens (tertiary/aromatic N) is 4. The normalized spacial score (nSPS) is 10.8. The number of nitro groups is 1. The monoisotopic (exact) mass is 487 g/mol. The van der Waals surface area contributed by atoms with Crippen molar-refractivity contribution < 1.29 is 19.2 Å². The molecule has 0 aliphatic heterocycles. The van der Waals surface area contributed by atoms with Crippen molar-refractivity contribution in [3.8, 4) is 11.5 Å². The molecular formula is C20H18BrN5O5. The van der Waals surface area contributed by atoms with Gasteiger partial charge in [0.25, 0.3) is 11.6 Å². The fourth-order valence-electron chi connectivity index (χ4n) is 2.69. The summed E-state index contributed by atoms with van der Waals surface area (Å²) in [4.78, 5) is 22.7. The zero-order valence-corrected chi connectivity index (χ0v) is 18.2. The number of rotatable bonds is 8. The molecule has 1 heterocycles. The van der Waals surface area contributed by atoms with E-state index in [1.807, 2.05) is 0 Å². The van der Waals surface area contributed by atoms with Crippen LogP contribution in [0.1, 0.15) is 21.6 Å². The summed E-state index contributed by atoms with van der Waals surface area (Å²) in [6.45, 7) is 0.346. The van der Waals surface area contributed by atoms with Crippen LogP contribution >= 0.6 is 15.9 Å². The van der Waals surface area contributed by atoms with Crippen LogP contribution in [0.3, 0.4) is 0 Å². The maximum atomic E-state index is 12.4. The number of amides is 1. The minimum Gasteiger partial charge on any atom is -0.493 e. The van der Waals surface area contributed by atoms with Gasteiger partial charge in [-0.15, -0.1) is 0 Å². The maximum absolute atomic E-state index is 12.4. The standard InChI is InChI=1S/C20H18BrN5O5/c1-30-17-8-5-14(9-18(17)31-2)10-22-23-20(27)19-16(21)12-25(24-19)11-13-3-6-15(7-4-13)26(28)29/h3-10,12H,11H2,1-2H3,(H,23,27). The Morgan fingerprint density at radius 2 is 1.94 bits per heavy atom. The molecule has 0 bridgehead atoms. The Labute approximate surface area is 185 Å². The van der Waals surface area contributed by atoms with E-state index in [1.165, 1.54) is 25.5 Å². The van der Waals surface area contributed by atoms with Gasteiger partial charge in [-0.25, -0.2) is 5.43 Å². The molecular weight excluding hydrogens is 470 g/mol. The van der Waals surface area contributed by atoms with Crippen LogP contribution in [-0.2, 0) is 6.54 Å². The summed E-state index contributed by atoms with van der Waals surface area (Å²) in [5.74, 6) is 0.641. The predicted molar refractivity (Wildman–Crippen MR) is 117 cm³/mol. The van der Waals surface area contributed by atoms with Crippen molar-refractivity contribution in [2.24, 2.45) is 5.10 Å². The number of benzene rings is 2. The highest BCUT2D eigenvalue weighted by atomic mass is 79.9. The number of hydrazone groups is 1. The minimum absolute atomic E-state index is 0.0119. The molecule has 0 aliphatic carbocycles. The lowest BCUT2D eigenvalue weighted by Crippen LogP contribution is -2.19. The first-order chi connectivity index (χ1) is 14.9. The molecule has 0 aliphatic rings. The molecule has 0 saturated heterocycles. The zero-order chi connectivity index (χ0) is 22.4. The third-order valence-corrected chi connectivity index (χ3v) is 4.79. The molecule has 10 nitrogen and oxygen atoms in total.